The van der Waals surface area contributed by atoms with Crippen LogP contribution in [-0.2, 0) is 0 Å². The highest BCUT2D eigenvalue weighted by atomic mass is 14.9. The van der Waals surface area contributed by atoms with Gasteiger partial charge in [-0.1, -0.05) is 49.6 Å². The molecule has 2 atom stereocenters. The molecular formula is C17H25N. The molecule has 1 saturated carbocycles. The average molecular weight is 243 g/mol. The SMILES string of the molecule is c1ccc([C@@H]2CCN[C@@H](C3CCCCC3)C2)cc1. The molecular weight excluding hydrogens is 218 g/mol. The van der Waals surface area contributed by atoms with Crippen LogP contribution in [0.15, 0.2) is 30.3 Å². The zero-order chi connectivity index (χ0) is 12.2. The van der Waals surface area contributed by atoms with E-state index >= 15 is 0 Å². The van der Waals surface area contributed by atoms with E-state index in [0.29, 0.717) is 0 Å². The van der Waals surface area contributed by atoms with E-state index in [9.17, 15) is 0 Å². The highest BCUT2D eigenvalue weighted by molar-refractivity contribution is 5.20. The number of nitrogens with one attached hydrogen (secondary N) is 1. The van der Waals surface area contributed by atoms with Crippen LogP contribution in [0, 0.1) is 5.92 Å². The number of piperidine rings is 1. The zero-order valence-electron chi connectivity index (χ0n) is 11.3. The third-order valence-electron chi connectivity index (χ3n) is 4.93. The van der Waals surface area contributed by atoms with Crippen molar-refractivity contribution in [3.8, 4) is 0 Å². The van der Waals surface area contributed by atoms with E-state index in [1.165, 1.54) is 51.5 Å². The van der Waals surface area contributed by atoms with Crippen LogP contribution in [0.2, 0.25) is 0 Å². The summed E-state index contributed by atoms with van der Waals surface area (Å²) in [5.74, 6) is 1.74. The number of benzene rings is 1. The van der Waals surface area contributed by atoms with E-state index in [1.807, 2.05) is 0 Å². The molecule has 1 aromatic carbocycles. The van der Waals surface area contributed by atoms with Crippen LogP contribution in [0.3, 0.4) is 0 Å². The molecule has 2 aliphatic rings. The molecule has 1 aliphatic heterocycles. The molecule has 0 spiro atoms. The third kappa shape index (κ3) is 2.77. The molecule has 1 nitrogen and oxygen atoms in total. The molecule has 3 rings (SSSR count). The van der Waals surface area contributed by atoms with Crippen LogP contribution in [0.1, 0.15) is 56.4 Å². The fourth-order valence-electron chi connectivity index (χ4n) is 3.87. The van der Waals surface area contributed by atoms with E-state index < -0.39 is 0 Å². The standard InChI is InChI=1S/C17H25N/c1-3-7-14(8-4-1)16-11-12-18-17(13-16)15-9-5-2-6-10-15/h1,3-4,7-8,15-18H,2,5-6,9-13H2/t16-,17-/m1/s1. The Labute approximate surface area is 111 Å². The normalized spacial score (nSPS) is 30.2. The van der Waals surface area contributed by atoms with E-state index in [4.69, 9.17) is 0 Å². The molecule has 1 aromatic rings. The summed E-state index contributed by atoms with van der Waals surface area (Å²) in [7, 11) is 0. The predicted molar refractivity (Wildman–Crippen MR) is 76.8 cm³/mol. The molecule has 1 heterocycles. The molecule has 1 saturated heterocycles. The lowest BCUT2D eigenvalue weighted by Gasteiger charge is -2.37. The van der Waals surface area contributed by atoms with Gasteiger partial charge in [-0.15, -0.1) is 0 Å². The minimum Gasteiger partial charge on any atom is -0.314 e. The minimum atomic E-state index is 0.782. The monoisotopic (exact) mass is 243 g/mol. The smallest absolute Gasteiger partial charge is 0.0101 e. The van der Waals surface area contributed by atoms with Gasteiger partial charge in [-0.05, 0) is 49.6 Å². The molecule has 0 bridgehead atoms. The Bertz CT molecular complexity index is 353. The summed E-state index contributed by atoms with van der Waals surface area (Å²) in [6, 6.07) is 11.9. The molecule has 98 valence electrons. The second-order valence-corrected chi connectivity index (χ2v) is 6.09. The van der Waals surface area contributed by atoms with Crippen LogP contribution < -0.4 is 5.32 Å². The van der Waals surface area contributed by atoms with Crippen molar-refractivity contribution in [2.75, 3.05) is 6.54 Å². The van der Waals surface area contributed by atoms with Gasteiger partial charge in [0.2, 0.25) is 0 Å². The maximum absolute atomic E-state index is 3.79. The first-order valence-electron chi connectivity index (χ1n) is 7.72. The number of hydrogen-bond donors (Lipinski definition) is 1. The van der Waals surface area contributed by atoms with E-state index in [-0.39, 0.29) is 0 Å². The lowest BCUT2D eigenvalue weighted by Crippen LogP contribution is -2.43. The Balaban J connectivity index is 1.64. The average Bonchev–Trinajstić information content (AvgIpc) is 2.49. The Kier molecular flexibility index (Phi) is 3.99. The largest absolute Gasteiger partial charge is 0.314 e. The van der Waals surface area contributed by atoms with Gasteiger partial charge in [0.25, 0.3) is 0 Å². The van der Waals surface area contributed by atoms with Crippen molar-refractivity contribution in [2.45, 2.75) is 56.9 Å². The molecule has 2 fully saturated rings. The van der Waals surface area contributed by atoms with Crippen LogP contribution in [-0.4, -0.2) is 12.6 Å². The summed E-state index contributed by atoms with van der Waals surface area (Å²) in [6.45, 7) is 1.21. The van der Waals surface area contributed by atoms with E-state index in [1.54, 1.807) is 5.56 Å². The summed E-state index contributed by atoms with van der Waals surface area (Å²) < 4.78 is 0. The first kappa shape index (κ1) is 12.2. The van der Waals surface area contributed by atoms with Crippen LogP contribution in [0.25, 0.3) is 0 Å². The van der Waals surface area contributed by atoms with Gasteiger partial charge in [-0.2, -0.15) is 0 Å². The predicted octanol–water partition coefficient (Wildman–Crippen LogP) is 4.10. The highest BCUT2D eigenvalue weighted by Crippen LogP contribution is 2.35. The Morgan fingerprint density at radius 2 is 1.67 bits per heavy atom. The Morgan fingerprint density at radius 1 is 0.889 bits per heavy atom. The lowest BCUT2D eigenvalue weighted by molar-refractivity contribution is 0.221. The van der Waals surface area contributed by atoms with Gasteiger partial charge in [0.15, 0.2) is 0 Å². The lowest BCUT2D eigenvalue weighted by atomic mass is 9.76. The molecule has 0 aromatic heterocycles. The zero-order valence-corrected chi connectivity index (χ0v) is 11.3. The van der Waals surface area contributed by atoms with Crippen molar-refractivity contribution < 1.29 is 0 Å². The topological polar surface area (TPSA) is 12.0 Å². The summed E-state index contributed by atoms with van der Waals surface area (Å²) >= 11 is 0. The fourth-order valence-corrected chi connectivity index (χ4v) is 3.87. The first-order chi connectivity index (χ1) is 8.93. The van der Waals surface area contributed by atoms with Gasteiger partial charge in [0, 0.05) is 6.04 Å². The minimum absolute atomic E-state index is 0.782. The summed E-state index contributed by atoms with van der Waals surface area (Å²) in [5, 5.41) is 3.79. The van der Waals surface area contributed by atoms with Crippen LogP contribution in [0.4, 0.5) is 0 Å². The molecule has 18 heavy (non-hydrogen) atoms. The van der Waals surface area contributed by atoms with Gasteiger partial charge >= 0.3 is 0 Å². The summed E-state index contributed by atoms with van der Waals surface area (Å²) in [6.07, 6.45) is 9.96. The Morgan fingerprint density at radius 3 is 2.44 bits per heavy atom. The molecule has 1 heteroatoms. The fraction of sp³-hybridized carbons (Fsp3) is 0.647. The summed E-state index contributed by atoms with van der Waals surface area (Å²) in [4.78, 5) is 0. The van der Waals surface area contributed by atoms with Crippen molar-refractivity contribution >= 4 is 0 Å². The van der Waals surface area contributed by atoms with Gasteiger partial charge in [0.05, 0.1) is 0 Å². The second-order valence-electron chi connectivity index (χ2n) is 6.09. The maximum Gasteiger partial charge on any atom is 0.0101 e. The molecule has 1 N–H and O–H groups in total. The van der Waals surface area contributed by atoms with Crippen LogP contribution in [0.5, 0.6) is 0 Å². The molecule has 0 radical (unpaired) electrons. The molecule has 0 amide bonds. The third-order valence-corrected chi connectivity index (χ3v) is 4.93. The van der Waals surface area contributed by atoms with Crippen molar-refractivity contribution in [3.05, 3.63) is 35.9 Å². The van der Waals surface area contributed by atoms with Crippen LogP contribution >= 0.6 is 0 Å². The van der Waals surface area contributed by atoms with Gasteiger partial charge in [-0.3, -0.25) is 0 Å². The second kappa shape index (κ2) is 5.88. The summed E-state index contributed by atoms with van der Waals surface area (Å²) in [5.41, 5.74) is 1.56. The van der Waals surface area contributed by atoms with Crippen molar-refractivity contribution in [1.29, 1.82) is 0 Å². The maximum atomic E-state index is 3.79. The quantitative estimate of drug-likeness (QED) is 0.824. The van der Waals surface area contributed by atoms with Gasteiger partial charge < -0.3 is 5.32 Å². The van der Waals surface area contributed by atoms with Gasteiger partial charge in [-0.25, -0.2) is 0 Å². The van der Waals surface area contributed by atoms with Crippen molar-refractivity contribution in [3.63, 3.8) is 0 Å². The highest BCUT2D eigenvalue weighted by Gasteiger charge is 2.29. The van der Waals surface area contributed by atoms with E-state index in [0.717, 1.165) is 17.9 Å². The molecule has 0 unspecified atom stereocenters. The molecule has 1 aliphatic carbocycles. The Hall–Kier alpha value is -0.820. The number of rotatable bonds is 2. The van der Waals surface area contributed by atoms with Crippen molar-refractivity contribution in [1.82, 2.24) is 5.32 Å². The van der Waals surface area contributed by atoms with Gasteiger partial charge in [0.1, 0.15) is 0 Å². The number of hydrogen-bond acceptors (Lipinski definition) is 1. The van der Waals surface area contributed by atoms with E-state index in [2.05, 4.69) is 35.6 Å². The van der Waals surface area contributed by atoms with Crippen molar-refractivity contribution in [2.24, 2.45) is 5.92 Å². The first-order valence-corrected chi connectivity index (χ1v) is 7.72.